The molecule has 2 aromatic carbocycles. The van der Waals surface area contributed by atoms with Gasteiger partial charge in [0.05, 0.1) is 0 Å². The van der Waals surface area contributed by atoms with E-state index in [1.807, 2.05) is 83.1 Å². The second-order valence-corrected chi connectivity index (χ2v) is 14.7. The Hall–Kier alpha value is -3.88. The summed E-state index contributed by atoms with van der Waals surface area (Å²) < 4.78 is 11.3. The number of hydrogen-bond acceptors (Lipinski definition) is 6. The van der Waals surface area contributed by atoms with Crippen LogP contribution in [0.15, 0.2) is 48.5 Å². The number of nitrogens with zero attached hydrogens (tertiary/aromatic N) is 1. The van der Waals surface area contributed by atoms with Crippen LogP contribution < -0.4 is 10.6 Å². The van der Waals surface area contributed by atoms with Gasteiger partial charge in [-0.05, 0) is 96.4 Å². The minimum Gasteiger partial charge on any atom is -0.458 e. The fraction of sp³-hybridized carbons (Fsp3) is 0.579. The molecule has 2 rings (SSSR count). The average Bonchev–Trinajstić information content (AvgIpc) is 2.93. The molecular weight excluding hydrogens is 594 g/mol. The van der Waals surface area contributed by atoms with E-state index in [1.54, 1.807) is 46.4 Å². The Morgan fingerprint density at radius 2 is 1.36 bits per heavy atom. The van der Waals surface area contributed by atoms with Crippen LogP contribution in [-0.2, 0) is 30.3 Å². The smallest absolute Gasteiger partial charge is 0.408 e. The summed E-state index contributed by atoms with van der Waals surface area (Å²) in [6.45, 7) is 20.7. The molecule has 0 spiro atoms. The number of nitrogens with one attached hydrogen (secondary N) is 2. The van der Waals surface area contributed by atoms with Crippen molar-refractivity contribution >= 4 is 23.9 Å². The zero-order valence-corrected chi connectivity index (χ0v) is 30.4. The van der Waals surface area contributed by atoms with Gasteiger partial charge in [-0.25, -0.2) is 9.59 Å². The quantitative estimate of drug-likeness (QED) is 0.213. The maximum absolute atomic E-state index is 14.7. The van der Waals surface area contributed by atoms with E-state index < -0.39 is 53.2 Å². The van der Waals surface area contributed by atoms with Crippen LogP contribution in [0.3, 0.4) is 0 Å². The van der Waals surface area contributed by atoms with Crippen LogP contribution in [0.5, 0.6) is 0 Å². The summed E-state index contributed by atoms with van der Waals surface area (Å²) in [4.78, 5) is 57.3. The number of carbonyl (C=O) groups is 4. The molecule has 260 valence electrons. The Bertz CT molecular complexity index is 1320. The molecule has 2 aromatic rings. The van der Waals surface area contributed by atoms with Gasteiger partial charge < -0.3 is 25.0 Å². The minimum atomic E-state index is -1.08. The molecule has 0 radical (unpaired) electrons. The molecular formula is C38H57N3O6. The monoisotopic (exact) mass is 651 g/mol. The largest absolute Gasteiger partial charge is 0.458 e. The molecule has 0 fully saturated rings. The Kier molecular flexibility index (Phi) is 14.5. The van der Waals surface area contributed by atoms with Crippen molar-refractivity contribution in [1.29, 1.82) is 0 Å². The zero-order chi connectivity index (χ0) is 35.5. The fourth-order valence-electron chi connectivity index (χ4n) is 5.39. The minimum absolute atomic E-state index is 0.0572. The van der Waals surface area contributed by atoms with Crippen molar-refractivity contribution in [2.24, 2.45) is 5.92 Å². The number of benzene rings is 2. The average molecular weight is 652 g/mol. The number of aryl methyl sites for hydroxylation is 2. The van der Waals surface area contributed by atoms with E-state index in [0.29, 0.717) is 18.4 Å². The number of rotatable bonds is 14. The van der Waals surface area contributed by atoms with Crippen LogP contribution in [0.1, 0.15) is 110 Å². The predicted molar refractivity (Wildman–Crippen MR) is 186 cm³/mol. The maximum Gasteiger partial charge on any atom is 0.408 e. The standard InChI is InChI=1S/C38H57N3O6/c1-12-13-22-41(34(43)29(23-25(2)3)40-36(45)47-38(9,10)11)32(31-26(4)18-17-19-27(31)5)33(42)39-30(35(44)46-37(6,7)8)24-28-20-15-14-16-21-28/h14-21,25,29-30,32H,12-13,22-24H2,1-11H3,(H,39,42)(H,40,45). The number of carbonyl (C=O) groups excluding carboxylic acids is 4. The van der Waals surface area contributed by atoms with Crippen molar-refractivity contribution < 1.29 is 28.7 Å². The highest BCUT2D eigenvalue weighted by Crippen LogP contribution is 2.30. The van der Waals surface area contributed by atoms with Crippen molar-refractivity contribution in [2.75, 3.05) is 6.54 Å². The molecule has 47 heavy (non-hydrogen) atoms. The van der Waals surface area contributed by atoms with Crippen LogP contribution in [0, 0.1) is 19.8 Å². The summed E-state index contributed by atoms with van der Waals surface area (Å²) in [6, 6.07) is 12.1. The van der Waals surface area contributed by atoms with Crippen LogP contribution in [0.2, 0.25) is 0 Å². The molecule has 0 bridgehead atoms. The number of hydrogen-bond donors (Lipinski definition) is 2. The van der Waals surface area contributed by atoms with Gasteiger partial charge in [0.2, 0.25) is 11.8 Å². The van der Waals surface area contributed by atoms with Crippen LogP contribution in [0.4, 0.5) is 4.79 Å². The number of unbranched alkanes of at least 4 members (excludes halogenated alkanes) is 1. The third-order valence-corrected chi connectivity index (χ3v) is 7.40. The topological polar surface area (TPSA) is 114 Å². The summed E-state index contributed by atoms with van der Waals surface area (Å²) in [5, 5.41) is 5.78. The van der Waals surface area contributed by atoms with Crippen molar-refractivity contribution in [3.05, 3.63) is 70.8 Å². The summed E-state index contributed by atoms with van der Waals surface area (Å²) >= 11 is 0. The summed E-state index contributed by atoms with van der Waals surface area (Å²) in [5.74, 6) is -1.40. The van der Waals surface area contributed by atoms with Crippen molar-refractivity contribution in [3.8, 4) is 0 Å². The number of amides is 3. The van der Waals surface area contributed by atoms with Crippen LogP contribution in [-0.4, -0.2) is 58.6 Å². The van der Waals surface area contributed by atoms with Gasteiger partial charge in [0.1, 0.15) is 29.3 Å². The fourth-order valence-corrected chi connectivity index (χ4v) is 5.39. The third-order valence-electron chi connectivity index (χ3n) is 7.40. The molecule has 9 nitrogen and oxygen atoms in total. The van der Waals surface area contributed by atoms with Crippen LogP contribution >= 0.6 is 0 Å². The Balaban J connectivity index is 2.67. The van der Waals surface area contributed by atoms with Crippen molar-refractivity contribution in [1.82, 2.24) is 15.5 Å². The maximum atomic E-state index is 14.7. The molecule has 0 aliphatic rings. The van der Waals surface area contributed by atoms with Gasteiger partial charge in [-0.2, -0.15) is 0 Å². The molecule has 3 amide bonds. The van der Waals surface area contributed by atoms with E-state index in [4.69, 9.17) is 9.47 Å². The first kappa shape index (κ1) is 39.3. The highest BCUT2D eigenvalue weighted by atomic mass is 16.6. The second-order valence-electron chi connectivity index (χ2n) is 14.7. The summed E-state index contributed by atoms with van der Waals surface area (Å²) in [5.41, 5.74) is 1.66. The molecule has 0 saturated carbocycles. The van der Waals surface area contributed by atoms with E-state index in [2.05, 4.69) is 10.6 Å². The lowest BCUT2D eigenvalue weighted by atomic mass is 9.92. The first-order valence-corrected chi connectivity index (χ1v) is 16.8. The lowest BCUT2D eigenvalue weighted by molar-refractivity contribution is -0.159. The van der Waals surface area contributed by atoms with E-state index in [1.165, 1.54) is 0 Å². The molecule has 3 atom stereocenters. The van der Waals surface area contributed by atoms with E-state index in [-0.39, 0.29) is 18.9 Å². The van der Waals surface area contributed by atoms with E-state index in [0.717, 1.165) is 23.1 Å². The van der Waals surface area contributed by atoms with Gasteiger partial charge in [-0.3, -0.25) is 9.59 Å². The van der Waals surface area contributed by atoms with Gasteiger partial charge in [0.15, 0.2) is 0 Å². The lowest BCUT2D eigenvalue weighted by Gasteiger charge is -2.37. The van der Waals surface area contributed by atoms with Gasteiger partial charge in [-0.1, -0.05) is 75.7 Å². The highest BCUT2D eigenvalue weighted by Gasteiger charge is 2.39. The second kappa shape index (κ2) is 17.3. The summed E-state index contributed by atoms with van der Waals surface area (Å²) in [6.07, 6.45) is 1.25. The van der Waals surface area contributed by atoms with E-state index >= 15 is 0 Å². The third kappa shape index (κ3) is 13.0. The van der Waals surface area contributed by atoms with Crippen LogP contribution in [0.25, 0.3) is 0 Å². The molecule has 0 heterocycles. The molecule has 0 saturated heterocycles. The Morgan fingerprint density at radius 3 is 1.87 bits per heavy atom. The van der Waals surface area contributed by atoms with Gasteiger partial charge in [0, 0.05) is 13.0 Å². The van der Waals surface area contributed by atoms with Crippen molar-refractivity contribution in [3.63, 3.8) is 0 Å². The normalized spacial score (nSPS) is 13.7. The molecule has 0 aliphatic heterocycles. The van der Waals surface area contributed by atoms with E-state index in [9.17, 15) is 19.2 Å². The number of ether oxygens (including phenoxy) is 2. The first-order chi connectivity index (χ1) is 21.8. The number of esters is 1. The zero-order valence-electron chi connectivity index (χ0n) is 30.4. The van der Waals surface area contributed by atoms with Gasteiger partial charge in [-0.15, -0.1) is 0 Å². The SMILES string of the molecule is CCCCN(C(=O)C(CC(C)C)NC(=O)OC(C)(C)C)C(C(=O)NC(Cc1ccccc1)C(=O)OC(C)(C)C)c1c(C)cccc1C. The number of alkyl carbamates (subject to hydrolysis) is 1. The lowest BCUT2D eigenvalue weighted by Crippen LogP contribution is -2.55. The molecule has 9 heteroatoms. The Labute approximate surface area is 282 Å². The summed E-state index contributed by atoms with van der Waals surface area (Å²) in [7, 11) is 0. The Morgan fingerprint density at radius 1 is 0.787 bits per heavy atom. The van der Waals surface area contributed by atoms with Gasteiger partial charge >= 0.3 is 12.1 Å². The molecule has 0 aromatic heterocycles. The van der Waals surface area contributed by atoms with Crippen molar-refractivity contribution in [2.45, 2.75) is 131 Å². The molecule has 0 aliphatic carbocycles. The first-order valence-electron chi connectivity index (χ1n) is 16.8. The molecule has 2 N–H and O–H groups in total. The predicted octanol–water partition coefficient (Wildman–Crippen LogP) is 6.98. The van der Waals surface area contributed by atoms with Gasteiger partial charge in [0.25, 0.3) is 0 Å². The highest BCUT2D eigenvalue weighted by molar-refractivity contribution is 5.94. The molecule has 3 unspecified atom stereocenters.